The van der Waals surface area contributed by atoms with E-state index in [4.69, 9.17) is 26.2 Å². The molecule has 3 aromatic carbocycles. The van der Waals surface area contributed by atoms with Crippen LogP contribution >= 0.6 is 11.6 Å². The molecule has 2 aliphatic heterocycles. The first-order valence-electron chi connectivity index (χ1n) is 19.8. The van der Waals surface area contributed by atoms with Crippen molar-refractivity contribution in [3.8, 4) is 16.9 Å². The van der Waals surface area contributed by atoms with E-state index < -0.39 is 18.0 Å². The summed E-state index contributed by atoms with van der Waals surface area (Å²) in [4.78, 5) is 14.9. The number of carboxylic acids is 1. The van der Waals surface area contributed by atoms with Crippen LogP contribution in [-0.2, 0) is 31.2 Å². The van der Waals surface area contributed by atoms with Crippen LogP contribution in [0.1, 0.15) is 86.4 Å². The van der Waals surface area contributed by atoms with Gasteiger partial charge in [-0.05, 0) is 92.9 Å². The number of carboxylic acid groups (broad SMARTS) is 1. The molecular weight excluding hydrogens is 743 g/mol. The topological polar surface area (TPSA) is 93.8 Å². The van der Waals surface area contributed by atoms with Gasteiger partial charge in [-0.1, -0.05) is 50.6 Å². The molecule has 1 fully saturated rings. The van der Waals surface area contributed by atoms with Gasteiger partial charge in [0.15, 0.2) is 0 Å². The minimum Gasteiger partial charge on any atom is -0.493 e. The first kappa shape index (κ1) is 41.5. The maximum absolute atomic E-state index is 14.0. The van der Waals surface area contributed by atoms with Gasteiger partial charge in [0.2, 0.25) is 0 Å². The number of hydrogen-bond donors (Lipinski definition) is 2. The van der Waals surface area contributed by atoms with Crippen molar-refractivity contribution in [1.29, 1.82) is 0 Å². The summed E-state index contributed by atoms with van der Waals surface area (Å²) in [5, 5.41) is 21.6. The number of rotatable bonds is 12. The highest BCUT2D eigenvalue weighted by atomic mass is 35.5. The standard InChI is InChI=1S/C39H42ClF3N4O4.C4H11N/c1-3-30-34-33-29(40)14-13-28-27(9-7-21-50-31-10-6-8-24-22-25(41)11-12-26(24)31)37(38(48)49)47(36(28)33)17-4-5-20-51-32(35(34)44-45(30)2)15-18-46-19-16-39(42,43)23-46;1-3-5-4-2/h6,8,10-14,22,32H,3-5,7,9,15-21,23H2,1-2H3,(H,48,49);5H,3-4H2,1-2H3. The Morgan fingerprint density at radius 2 is 1.86 bits per heavy atom. The highest BCUT2D eigenvalue weighted by Crippen LogP contribution is 2.45. The lowest BCUT2D eigenvalue weighted by molar-refractivity contribution is 0.00635. The molecule has 0 bridgehead atoms. The number of nitrogens with one attached hydrogen (secondary N) is 1. The van der Waals surface area contributed by atoms with E-state index in [0.29, 0.717) is 99.0 Å². The summed E-state index contributed by atoms with van der Waals surface area (Å²) in [5.41, 5.74) is 4.82. The zero-order chi connectivity index (χ0) is 40.0. The Morgan fingerprint density at radius 3 is 2.55 bits per heavy atom. The molecule has 0 amide bonds. The Labute approximate surface area is 331 Å². The summed E-state index contributed by atoms with van der Waals surface area (Å²) in [6, 6.07) is 13.8. The number of hydrogen-bond acceptors (Lipinski definition) is 6. The first-order chi connectivity index (χ1) is 27.0. The van der Waals surface area contributed by atoms with Crippen molar-refractivity contribution in [2.24, 2.45) is 7.05 Å². The van der Waals surface area contributed by atoms with Gasteiger partial charge in [-0.3, -0.25) is 9.58 Å². The predicted octanol–water partition coefficient (Wildman–Crippen LogP) is 9.46. The lowest BCUT2D eigenvalue weighted by Gasteiger charge is -2.22. The zero-order valence-corrected chi connectivity index (χ0v) is 33.5. The molecule has 2 aliphatic rings. The van der Waals surface area contributed by atoms with Crippen LogP contribution in [0.15, 0.2) is 48.5 Å². The number of alkyl halides is 2. The fourth-order valence-electron chi connectivity index (χ4n) is 8.16. The number of nitrogens with zero attached hydrogens (tertiary/aromatic N) is 4. The molecule has 4 heterocycles. The Hall–Kier alpha value is -4.10. The number of aromatic carboxylic acids is 1. The molecule has 1 saturated heterocycles. The minimum absolute atomic E-state index is 0.146. The van der Waals surface area contributed by atoms with Gasteiger partial charge in [-0.15, -0.1) is 0 Å². The fourth-order valence-corrected chi connectivity index (χ4v) is 8.41. The molecule has 7 rings (SSSR count). The van der Waals surface area contributed by atoms with E-state index in [1.807, 2.05) is 53.6 Å². The molecular formula is C43H53ClF3N5O4. The van der Waals surface area contributed by atoms with E-state index in [9.17, 15) is 23.1 Å². The van der Waals surface area contributed by atoms with Gasteiger partial charge in [0, 0.05) is 67.3 Å². The van der Waals surface area contributed by atoms with Crippen LogP contribution in [0.25, 0.3) is 32.8 Å². The summed E-state index contributed by atoms with van der Waals surface area (Å²) in [5.74, 6) is -3.38. The lowest BCUT2D eigenvalue weighted by Crippen LogP contribution is -2.27. The molecule has 9 nitrogen and oxygen atoms in total. The van der Waals surface area contributed by atoms with Gasteiger partial charge in [0.05, 0.1) is 29.4 Å². The number of carbonyl (C=O) groups is 1. The van der Waals surface area contributed by atoms with Crippen molar-refractivity contribution in [2.75, 3.05) is 45.9 Å². The third kappa shape index (κ3) is 9.04. The third-order valence-corrected chi connectivity index (χ3v) is 11.1. The molecule has 0 saturated carbocycles. The zero-order valence-electron chi connectivity index (χ0n) is 32.8. The molecule has 0 spiro atoms. The van der Waals surface area contributed by atoms with Gasteiger partial charge in [-0.2, -0.15) is 5.10 Å². The smallest absolute Gasteiger partial charge is 0.352 e. The summed E-state index contributed by atoms with van der Waals surface area (Å²) in [6.45, 7) is 10.1. The number of aryl methyl sites for hydroxylation is 3. The maximum Gasteiger partial charge on any atom is 0.352 e. The normalized spacial score (nSPS) is 17.0. The summed E-state index contributed by atoms with van der Waals surface area (Å²) in [6.07, 6.45) is 2.83. The van der Waals surface area contributed by atoms with Gasteiger partial charge < -0.3 is 24.5 Å². The Kier molecular flexibility index (Phi) is 13.7. The highest BCUT2D eigenvalue weighted by molar-refractivity contribution is 6.35. The van der Waals surface area contributed by atoms with E-state index in [-0.39, 0.29) is 24.5 Å². The van der Waals surface area contributed by atoms with E-state index in [0.717, 1.165) is 46.0 Å². The van der Waals surface area contributed by atoms with Crippen molar-refractivity contribution in [3.05, 3.63) is 82.0 Å². The van der Waals surface area contributed by atoms with Gasteiger partial charge in [0.25, 0.3) is 5.92 Å². The van der Waals surface area contributed by atoms with Gasteiger partial charge in [-0.25, -0.2) is 18.0 Å². The van der Waals surface area contributed by atoms with Crippen LogP contribution in [0.2, 0.25) is 5.02 Å². The van der Waals surface area contributed by atoms with Crippen molar-refractivity contribution >= 4 is 39.2 Å². The molecule has 13 heteroatoms. The third-order valence-electron chi connectivity index (χ3n) is 10.7. The maximum atomic E-state index is 14.0. The monoisotopic (exact) mass is 795 g/mol. The van der Waals surface area contributed by atoms with Crippen LogP contribution in [0, 0.1) is 5.82 Å². The van der Waals surface area contributed by atoms with Crippen molar-refractivity contribution < 1.29 is 32.5 Å². The number of fused-ring (bicyclic) bond motifs is 3. The molecule has 302 valence electrons. The number of likely N-dealkylation sites (tertiary alicyclic amines) is 1. The van der Waals surface area contributed by atoms with Crippen LogP contribution in [0.5, 0.6) is 5.75 Å². The summed E-state index contributed by atoms with van der Waals surface area (Å²) >= 11 is 7.12. The van der Waals surface area contributed by atoms with E-state index in [2.05, 4.69) is 19.2 Å². The Morgan fingerprint density at radius 1 is 1.07 bits per heavy atom. The molecule has 2 N–H and O–H groups in total. The molecule has 56 heavy (non-hydrogen) atoms. The summed E-state index contributed by atoms with van der Waals surface area (Å²) < 4.78 is 58.3. The average molecular weight is 796 g/mol. The molecule has 5 aromatic rings. The largest absolute Gasteiger partial charge is 0.493 e. The number of ether oxygens (including phenoxy) is 2. The lowest BCUT2D eigenvalue weighted by atomic mass is 9.94. The van der Waals surface area contributed by atoms with E-state index in [1.54, 1.807) is 11.0 Å². The second-order valence-electron chi connectivity index (χ2n) is 14.6. The average Bonchev–Trinajstić information content (AvgIpc) is 3.80. The quantitative estimate of drug-likeness (QED) is 0.122. The summed E-state index contributed by atoms with van der Waals surface area (Å²) in [7, 11) is 1.88. The molecule has 0 radical (unpaired) electrons. The Balaban J connectivity index is 0.00000100. The van der Waals surface area contributed by atoms with Crippen LogP contribution in [0.3, 0.4) is 0 Å². The first-order valence-corrected chi connectivity index (χ1v) is 20.2. The number of aromatic nitrogens is 3. The SMILES string of the molecule is CCNCC.CCc1c2c(nn1C)C(CCN1CCC(F)(F)C1)OCCCCn1c(C(=O)O)c(CCCOc3cccc4cc(F)ccc34)c3ccc(Cl)c-2c31. The van der Waals surface area contributed by atoms with Crippen LogP contribution in [-0.4, -0.2) is 82.2 Å². The Bertz CT molecular complexity index is 2150. The van der Waals surface area contributed by atoms with Gasteiger partial charge >= 0.3 is 5.97 Å². The van der Waals surface area contributed by atoms with Crippen molar-refractivity contribution in [1.82, 2.24) is 24.6 Å². The number of halogens is 4. The minimum atomic E-state index is -2.68. The second-order valence-corrected chi connectivity index (χ2v) is 15.0. The van der Waals surface area contributed by atoms with Crippen molar-refractivity contribution in [3.63, 3.8) is 0 Å². The molecule has 0 aliphatic carbocycles. The molecule has 1 unspecified atom stereocenters. The van der Waals surface area contributed by atoms with Crippen molar-refractivity contribution in [2.45, 2.75) is 84.3 Å². The molecule has 2 aromatic heterocycles. The number of benzene rings is 3. The van der Waals surface area contributed by atoms with E-state index >= 15 is 0 Å². The predicted molar refractivity (Wildman–Crippen MR) is 216 cm³/mol. The second kappa shape index (κ2) is 18.4. The van der Waals surface area contributed by atoms with Gasteiger partial charge in [0.1, 0.15) is 23.4 Å². The molecule has 1 atom stereocenters. The fraction of sp³-hybridized carbons (Fsp3) is 0.488. The van der Waals surface area contributed by atoms with Crippen LogP contribution < -0.4 is 10.1 Å². The van der Waals surface area contributed by atoms with E-state index in [1.165, 1.54) is 12.1 Å². The highest BCUT2D eigenvalue weighted by Gasteiger charge is 2.39. The van der Waals surface area contributed by atoms with Crippen LogP contribution in [0.4, 0.5) is 13.2 Å².